The van der Waals surface area contributed by atoms with E-state index in [1.807, 2.05) is 0 Å². The van der Waals surface area contributed by atoms with Crippen molar-refractivity contribution in [1.82, 2.24) is 20.8 Å². The van der Waals surface area contributed by atoms with Gasteiger partial charge in [0, 0.05) is 0 Å². The normalized spacial score (nSPS) is 17.5. The molecule has 3 rings (SSSR count). The van der Waals surface area contributed by atoms with Gasteiger partial charge in [-0.3, -0.25) is 5.10 Å². The van der Waals surface area contributed by atoms with E-state index >= 15 is 0 Å². The second-order valence-electron chi connectivity index (χ2n) is 6.32. The Hall–Kier alpha value is -2.70. The van der Waals surface area contributed by atoms with Crippen LogP contribution in [0.3, 0.4) is 0 Å². The molecule has 5 nitrogen and oxygen atoms in total. The van der Waals surface area contributed by atoms with E-state index in [2.05, 4.69) is 27.4 Å². The van der Waals surface area contributed by atoms with E-state index in [0.29, 0.717) is 11.1 Å². The fourth-order valence-electron chi connectivity index (χ4n) is 3.12. The van der Waals surface area contributed by atoms with Crippen LogP contribution in [0.15, 0.2) is 36.5 Å². The zero-order valence-electron chi connectivity index (χ0n) is 13.9. The Bertz CT molecular complexity index is 802. The molecular formula is C18H20F2N4O. The largest absolute Gasteiger partial charge is 0.330 e. The third-order valence-corrected chi connectivity index (χ3v) is 4.39. The number of fused-ring (bicyclic) bond motifs is 1. The highest BCUT2D eigenvalue weighted by Crippen LogP contribution is 2.28. The predicted octanol–water partition coefficient (Wildman–Crippen LogP) is 3.68. The van der Waals surface area contributed by atoms with Crippen molar-refractivity contribution in [2.45, 2.75) is 38.3 Å². The molecule has 132 valence electrons. The zero-order chi connectivity index (χ0) is 18.0. The Morgan fingerprint density at radius 3 is 2.92 bits per heavy atom. The lowest BCUT2D eigenvalue weighted by atomic mass is 9.94. The molecule has 2 amide bonds. The number of aromatic nitrogens is 2. The Balaban J connectivity index is 1.72. The van der Waals surface area contributed by atoms with E-state index < -0.39 is 23.7 Å². The van der Waals surface area contributed by atoms with E-state index in [1.165, 1.54) is 6.07 Å². The summed E-state index contributed by atoms with van der Waals surface area (Å²) in [6.45, 7) is 5.56. The minimum Gasteiger partial charge on any atom is -0.330 e. The SMILES string of the molecule is C=C(C)[C@H](NC(=O)N[C@H]1CCCc2cn[nH]c21)c1ccc(F)c(F)c1. The van der Waals surface area contributed by atoms with Crippen LogP contribution in [-0.4, -0.2) is 16.2 Å². The lowest BCUT2D eigenvalue weighted by molar-refractivity contribution is 0.233. The van der Waals surface area contributed by atoms with Crippen LogP contribution >= 0.6 is 0 Å². The van der Waals surface area contributed by atoms with Gasteiger partial charge in [0.1, 0.15) is 0 Å². The fraction of sp³-hybridized carbons (Fsp3) is 0.333. The number of nitrogens with zero attached hydrogens (tertiary/aromatic N) is 1. The average Bonchev–Trinajstić information content (AvgIpc) is 3.05. The van der Waals surface area contributed by atoms with E-state index in [1.54, 1.807) is 13.1 Å². The molecule has 1 aromatic carbocycles. The Morgan fingerprint density at radius 2 is 2.20 bits per heavy atom. The summed E-state index contributed by atoms with van der Waals surface area (Å²) in [5.74, 6) is -1.89. The van der Waals surface area contributed by atoms with Crippen LogP contribution in [0.5, 0.6) is 0 Å². The number of benzene rings is 1. The second-order valence-corrected chi connectivity index (χ2v) is 6.32. The number of hydrogen-bond acceptors (Lipinski definition) is 2. The van der Waals surface area contributed by atoms with Crippen LogP contribution in [0.4, 0.5) is 13.6 Å². The Labute approximate surface area is 144 Å². The van der Waals surface area contributed by atoms with Gasteiger partial charge in [0.25, 0.3) is 0 Å². The van der Waals surface area contributed by atoms with Gasteiger partial charge in [-0.05, 0) is 49.4 Å². The van der Waals surface area contributed by atoms with Crippen LogP contribution in [0.2, 0.25) is 0 Å². The summed E-state index contributed by atoms with van der Waals surface area (Å²) in [4.78, 5) is 12.4. The molecule has 7 heteroatoms. The van der Waals surface area contributed by atoms with E-state index in [4.69, 9.17) is 0 Å². The molecule has 0 unspecified atom stereocenters. The molecule has 0 aliphatic heterocycles. The molecular weight excluding hydrogens is 326 g/mol. The number of aromatic amines is 1. The lowest BCUT2D eigenvalue weighted by Gasteiger charge is -2.25. The van der Waals surface area contributed by atoms with Crippen LogP contribution < -0.4 is 10.6 Å². The van der Waals surface area contributed by atoms with Gasteiger partial charge >= 0.3 is 6.03 Å². The van der Waals surface area contributed by atoms with Crippen molar-refractivity contribution in [2.24, 2.45) is 0 Å². The molecule has 0 bridgehead atoms. The molecule has 0 spiro atoms. The van der Waals surface area contributed by atoms with Crippen LogP contribution in [0.1, 0.15) is 48.7 Å². The number of rotatable bonds is 4. The molecule has 1 heterocycles. The number of halogens is 2. The molecule has 1 aliphatic carbocycles. The van der Waals surface area contributed by atoms with Crippen molar-refractivity contribution in [3.8, 4) is 0 Å². The summed E-state index contributed by atoms with van der Waals surface area (Å²) in [5, 5.41) is 12.7. The summed E-state index contributed by atoms with van der Waals surface area (Å²) in [6, 6.07) is 2.39. The molecule has 0 saturated carbocycles. The van der Waals surface area contributed by atoms with E-state index in [-0.39, 0.29) is 6.04 Å². The second kappa shape index (κ2) is 7.04. The van der Waals surface area contributed by atoms with Crippen LogP contribution in [0, 0.1) is 11.6 Å². The highest BCUT2D eigenvalue weighted by molar-refractivity contribution is 5.75. The summed E-state index contributed by atoms with van der Waals surface area (Å²) < 4.78 is 26.6. The summed E-state index contributed by atoms with van der Waals surface area (Å²) in [5.41, 5.74) is 3.08. The van der Waals surface area contributed by atoms with Gasteiger partial charge in [0.15, 0.2) is 11.6 Å². The molecule has 3 N–H and O–H groups in total. The Kier molecular flexibility index (Phi) is 4.83. The molecule has 0 saturated heterocycles. The first-order valence-electron chi connectivity index (χ1n) is 8.15. The number of hydrogen-bond donors (Lipinski definition) is 3. The maximum Gasteiger partial charge on any atom is 0.316 e. The van der Waals surface area contributed by atoms with Crippen molar-refractivity contribution in [3.05, 3.63) is 65.0 Å². The maximum atomic E-state index is 13.5. The average molecular weight is 346 g/mol. The minimum absolute atomic E-state index is 0.151. The van der Waals surface area contributed by atoms with Gasteiger partial charge in [-0.1, -0.05) is 18.2 Å². The highest BCUT2D eigenvalue weighted by Gasteiger charge is 2.25. The van der Waals surface area contributed by atoms with Gasteiger partial charge in [-0.25, -0.2) is 13.6 Å². The number of H-pyrrole nitrogens is 1. The quantitative estimate of drug-likeness (QED) is 0.739. The number of aryl methyl sites for hydroxylation is 1. The standard InChI is InChI=1S/C18H20F2N4O/c1-10(2)16(11-6-7-13(19)14(20)8-11)23-18(25)22-15-5-3-4-12-9-21-24-17(12)15/h6-9,15-16H,1,3-5H2,2H3,(H,21,24)(H2,22,23,25)/t15-,16-/m0/s1. The predicted molar refractivity (Wildman–Crippen MR) is 89.8 cm³/mol. The van der Waals surface area contributed by atoms with Gasteiger partial charge in [0.05, 0.1) is 24.0 Å². The monoisotopic (exact) mass is 346 g/mol. The van der Waals surface area contributed by atoms with Crippen LogP contribution in [0.25, 0.3) is 0 Å². The highest BCUT2D eigenvalue weighted by atomic mass is 19.2. The van der Waals surface area contributed by atoms with Crippen molar-refractivity contribution in [3.63, 3.8) is 0 Å². The van der Waals surface area contributed by atoms with Crippen molar-refractivity contribution in [2.75, 3.05) is 0 Å². The van der Waals surface area contributed by atoms with Crippen LogP contribution in [-0.2, 0) is 6.42 Å². The molecule has 0 fully saturated rings. The third-order valence-electron chi connectivity index (χ3n) is 4.39. The summed E-state index contributed by atoms with van der Waals surface area (Å²) in [6.07, 6.45) is 4.49. The van der Waals surface area contributed by atoms with Gasteiger partial charge < -0.3 is 10.6 Å². The van der Waals surface area contributed by atoms with Gasteiger partial charge in [0.2, 0.25) is 0 Å². The third kappa shape index (κ3) is 3.70. The van der Waals surface area contributed by atoms with E-state index in [9.17, 15) is 13.6 Å². The van der Waals surface area contributed by atoms with Crippen molar-refractivity contribution < 1.29 is 13.6 Å². The molecule has 0 radical (unpaired) electrons. The van der Waals surface area contributed by atoms with Gasteiger partial charge in [-0.2, -0.15) is 5.10 Å². The summed E-state index contributed by atoms with van der Waals surface area (Å²) in [7, 11) is 0. The fourth-order valence-corrected chi connectivity index (χ4v) is 3.12. The molecule has 1 aliphatic rings. The number of carbonyl (C=O) groups excluding carboxylic acids is 1. The van der Waals surface area contributed by atoms with Crippen molar-refractivity contribution >= 4 is 6.03 Å². The van der Waals surface area contributed by atoms with Gasteiger partial charge in [-0.15, -0.1) is 0 Å². The molecule has 1 aromatic heterocycles. The number of amides is 2. The van der Waals surface area contributed by atoms with E-state index in [0.717, 1.165) is 42.7 Å². The minimum atomic E-state index is -0.958. The molecule has 2 aromatic rings. The smallest absolute Gasteiger partial charge is 0.316 e. The number of nitrogens with one attached hydrogen (secondary N) is 3. The Morgan fingerprint density at radius 1 is 1.40 bits per heavy atom. The topological polar surface area (TPSA) is 69.8 Å². The first-order chi connectivity index (χ1) is 12.0. The van der Waals surface area contributed by atoms with Crippen molar-refractivity contribution in [1.29, 1.82) is 0 Å². The first kappa shape index (κ1) is 17.1. The first-order valence-corrected chi connectivity index (χ1v) is 8.15. The molecule has 2 atom stereocenters. The number of carbonyl (C=O) groups is 1. The summed E-state index contributed by atoms with van der Waals surface area (Å²) >= 11 is 0. The zero-order valence-corrected chi connectivity index (χ0v) is 13.9. The molecule has 25 heavy (non-hydrogen) atoms. The number of urea groups is 1. The lowest BCUT2D eigenvalue weighted by Crippen LogP contribution is -2.41. The maximum absolute atomic E-state index is 13.5.